The molecule has 0 heterocycles. The number of ether oxygens (including phenoxy) is 1. The van der Waals surface area contributed by atoms with Gasteiger partial charge in [-0.2, -0.15) is 0 Å². The minimum absolute atomic E-state index is 0.0427. The average Bonchev–Trinajstić information content (AvgIpc) is 2.82. The van der Waals surface area contributed by atoms with Gasteiger partial charge in [0.15, 0.2) is 34.9 Å². The minimum Gasteiger partial charge on any atom is -0.486 e. The molecule has 3 aromatic carbocycles. The van der Waals surface area contributed by atoms with Gasteiger partial charge in [0.05, 0.1) is 10.9 Å². The van der Waals surface area contributed by atoms with Crippen molar-refractivity contribution < 1.29 is 26.7 Å². The number of hydrogen-bond acceptors (Lipinski definition) is 1. The summed E-state index contributed by atoms with van der Waals surface area (Å²) in [5.74, 6) is -7.53. The maximum Gasteiger partial charge on any atom is 0.175 e. The van der Waals surface area contributed by atoms with Gasteiger partial charge in [0.25, 0.3) is 0 Å². The lowest BCUT2D eigenvalue weighted by molar-refractivity contribution is 0.342. The maximum absolute atomic E-state index is 14.9. The van der Waals surface area contributed by atoms with Gasteiger partial charge in [0.1, 0.15) is 6.61 Å². The second-order valence-corrected chi connectivity index (χ2v) is 7.69. The van der Waals surface area contributed by atoms with Crippen LogP contribution in [-0.4, -0.2) is 6.61 Å². The Hall–Kier alpha value is -3.15. The molecule has 0 aliphatic heterocycles. The lowest BCUT2D eigenvalue weighted by Crippen LogP contribution is -2.00. The summed E-state index contributed by atoms with van der Waals surface area (Å²) in [6.45, 7) is 3.88. The fraction of sp³-hybridized carbons (Fsp3) is 0.259. The van der Waals surface area contributed by atoms with Gasteiger partial charge in [-0.1, -0.05) is 62.2 Å². The number of aryl methyl sites for hydroxylation is 1. The number of rotatable bonds is 9. The van der Waals surface area contributed by atoms with Crippen molar-refractivity contribution in [1.29, 1.82) is 0 Å². The Balaban J connectivity index is 1.97. The normalized spacial score (nSPS) is 12.5. The Kier molecular flexibility index (Phi) is 8.26. The predicted octanol–water partition coefficient (Wildman–Crippen LogP) is 8.71. The highest BCUT2D eigenvalue weighted by molar-refractivity contribution is 5.91. The second-order valence-electron chi connectivity index (χ2n) is 7.69. The highest BCUT2D eigenvalue weighted by atomic mass is 19.2. The smallest absolute Gasteiger partial charge is 0.175 e. The van der Waals surface area contributed by atoms with E-state index in [2.05, 4.69) is 6.92 Å². The summed E-state index contributed by atoms with van der Waals surface area (Å²) in [7, 11) is 0. The zero-order valence-corrected chi connectivity index (χ0v) is 18.5. The SMILES string of the molecule is CC=CCOc1ccc2cc(C(F)=C(F)c3ccc(CCCCC)cc3)c(F)c(F)c2c1F. The van der Waals surface area contributed by atoms with Gasteiger partial charge < -0.3 is 4.74 Å². The summed E-state index contributed by atoms with van der Waals surface area (Å²) in [5, 5.41) is -0.798. The number of allylic oxidation sites excluding steroid dienone is 1. The van der Waals surface area contributed by atoms with Crippen molar-refractivity contribution in [3.8, 4) is 5.75 Å². The largest absolute Gasteiger partial charge is 0.486 e. The predicted molar refractivity (Wildman–Crippen MR) is 123 cm³/mol. The van der Waals surface area contributed by atoms with Crippen LogP contribution >= 0.6 is 0 Å². The molecule has 1 nitrogen and oxygen atoms in total. The summed E-state index contributed by atoms with van der Waals surface area (Å²) in [6.07, 6.45) is 7.26. The zero-order valence-electron chi connectivity index (χ0n) is 18.5. The van der Waals surface area contributed by atoms with Crippen LogP contribution in [0.15, 0.2) is 54.6 Å². The van der Waals surface area contributed by atoms with E-state index >= 15 is 0 Å². The Morgan fingerprint density at radius 3 is 2.27 bits per heavy atom. The summed E-state index contributed by atoms with van der Waals surface area (Å²) < 4.78 is 79.0. The van der Waals surface area contributed by atoms with E-state index in [0.29, 0.717) is 0 Å². The number of halogens is 5. The van der Waals surface area contributed by atoms with E-state index in [1.165, 1.54) is 24.3 Å². The van der Waals surface area contributed by atoms with E-state index in [1.54, 1.807) is 31.2 Å². The minimum atomic E-state index is -1.67. The van der Waals surface area contributed by atoms with Crippen LogP contribution in [-0.2, 0) is 6.42 Å². The van der Waals surface area contributed by atoms with E-state index in [1.807, 2.05) is 0 Å². The van der Waals surface area contributed by atoms with Gasteiger partial charge in [-0.15, -0.1) is 0 Å². The third-order valence-corrected chi connectivity index (χ3v) is 5.36. The van der Waals surface area contributed by atoms with Gasteiger partial charge >= 0.3 is 0 Å². The molecule has 174 valence electrons. The van der Waals surface area contributed by atoms with Crippen LogP contribution in [0, 0.1) is 17.5 Å². The van der Waals surface area contributed by atoms with Crippen LogP contribution in [0.4, 0.5) is 22.0 Å². The van der Waals surface area contributed by atoms with Crippen LogP contribution in [0.1, 0.15) is 49.8 Å². The lowest BCUT2D eigenvalue weighted by Gasteiger charge is -2.11. The molecule has 0 radical (unpaired) electrons. The first kappa shape index (κ1) is 24.5. The molecule has 0 aromatic heterocycles. The standard InChI is InChI=1S/C27H25F5O/c1-3-5-7-8-17-9-11-18(12-10-17)23(28)24(29)20-16-19-13-14-21(33-15-6-4-2)26(31)22(19)27(32)25(20)30/h4,6,9-14,16H,3,5,7-8,15H2,1-2H3. The first-order chi connectivity index (χ1) is 15.9. The monoisotopic (exact) mass is 460 g/mol. The van der Waals surface area contributed by atoms with E-state index in [-0.39, 0.29) is 23.3 Å². The topological polar surface area (TPSA) is 9.23 Å². The van der Waals surface area contributed by atoms with Crippen LogP contribution in [0.3, 0.4) is 0 Å². The molecule has 0 fully saturated rings. The van der Waals surface area contributed by atoms with Crippen molar-refractivity contribution >= 4 is 22.4 Å². The number of hydrogen-bond donors (Lipinski definition) is 0. The molecule has 3 aromatic rings. The summed E-state index contributed by atoms with van der Waals surface area (Å²) >= 11 is 0. The lowest BCUT2D eigenvalue weighted by atomic mass is 10.0. The van der Waals surface area contributed by atoms with Crippen molar-refractivity contribution in [3.05, 3.63) is 88.8 Å². The molecular formula is C27H25F5O. The first-order valence-corrected chi connectivity index (χ1v) is 10.9. The van der Waals surface area contributed by atoms with Gasteiger partial charge in [0.2, 0.25) is 0 Å². The Morgan fingerprint density at radius 2 is 1.61 bits per heavy atom. The van der Waals surface area contributed by atoms with Crippen LogP contribution in [0.2, 0.25) is 0 Å². The highest BCUT2D eigenvalue weighted by Crippen LogP contribution is 2.36. The molecule has 3 rings (SSSR count). The third kappa shape index (κ3) is 5.44. The second kappa shape index (κ2) is 11.1. The van der Waals surface area contributed by atoms with E-state index in [0.717, 1.165) is 37.3 Å². The molecule has 0 saturated heterocycles. The Bertz CT molecular complexity index is 1180. The summed E-state index contributed by atoms with van der Waals surface area (Å²) in [4.78, 5) is 0. The molecule has 0 N–H and O–H groups in total. The van der Waals surface area contributed by atoms with Crippen LogP contribution < -0.4 is 4.74 Å². The molecule has 33 heavy (non-hydrogen) atoms. The van der Waals surface area contributed by atoms with Crippen molar-refractivity contribution in [2.24, 2.45) is 0 Å². The number of benzene rings is 3. The zero-order chi connectivity index (χ0) is 24.0. The molecule has 0 bridgehead atoms. The highest BCUT2D eigenvalue weighted by Gasteiger charge is 2.23. The number of fused-ring (bicyclic) bond motifs is 1. The maximum atomic E-state index is 14.9. The molecular weight excluding hydrogens is 435 g/mol. The van der Waals surface area contributed by atoms with Crippen LogP contribution in [0.25, 0.3) is 22.4 Å². The summed E-state index contributed by atoms with van der Waals surface area (Å²) in [5.41, 5.74) is -0.0247. The molecule has 0 spiro atoms. The van der Waals surface area contributed by atoms with Crippen molar-refractivity contribution in [2.45, 2.75) is 39.5 Å². The molecule has 0 amide bonds. The first-order valence-electron chi connectivity index (χ1n) is 10.9. The molecule has 0 aliphatic carbocycles. The Morgan fingerprint density at radius 1 is 0.879 bits per heavy atom. The van der Waals surface area contributed by atoms with E-state index in [9.17, 15) is 22.0 Å². The quantitative estimate of drug-likeness (QED) is 0.134. The third-order valence-electron chi connectivity index (χ3n) is 5.36. The van der Waals surface area contributed by atoms with E-state index in [4.69, 9.17) is 4.74 Å². The number of unbranched alkanes of at least 4 members (excludes halogenated alkanes) is 2. The van der Waals surface area contributed by atoms with Crippen molar-refractivity contribution in [3.63, 3.8) is 0 Å². The fourth-order valence-corrected chi connectivity index (χ4v) is 3.51. The molecule has 0 saturated carbocycles. The molecule has 0 atom stereocenters. The van der Waals surface area contributed by atoms with Gasteiger partial charge in [0, 0.05) is 5.56 Å². The van der Waals surface area contributed by atoms with Crippen LogP contribution in [0.5, 0.6) is 5.75 Å². The van der Waals surface area contributed by atoms with Gasteiger partial charge in [-0.05, 0) is 42.8 Å². The van der Waals surface area contributed by atoms with Gasteiger partial charge in [-0.25, -0.2) is 22.0 Å². The fourth-order valence-electron chi connectivity index (χ4n) is 3.51. The summed E-state index contributed by atoms with van der Waals surface area (Å²) in [6, 6.07) is 9.56. The molecule has 6 heteroatoms. The van der Waals surface area contributed by atoms with Crippen molar-refractivity contribution in [1.82, 2.24) is 0 Å². The molecule has 0 aliphatic rings. The Labute approximate surface area is 190 Å². The van der Waals surface area contributed by atoms with E-state index < -0.39 is 40.1 Å². The molecule has 0 unspecified atom stereocenters. The van der Waals surface area contributed by atoms with Gasteiger partial charge in [-0.3, -0.25) is 0 Å². The van der Waals surface area contributed by atoms with Crippen molar-refractivity contribution in [2.75, 3.05) is 6.61 Å². The average molecular weight is 460 g/mol.